The Labute approximate surface area is 153 Å². The first-order valence-corrected chi connectivity index (χ1v) is 8.02. The lowest BCUT2D eigenvalue weighted by atomic mass is 10.1. The quantitative estimate of drug-likeness (QED) is 0.660. The molecule has 0 bridgehead atoms. The smallest absolute Gasteiger partial charge is 0.335 e. The minimum atomic E-state index is -0.807. The number of imide groups is 2. The van der Waals surface area contributed by atoms with Crippen molar-refractivity contribution < 1.29 is 28.6 Å². The molecule has 1 saturated heterocycles. The number of hydrogen-bond donors (Lipinski definition) is 1. The number of anilines is 1. The summed E-state index contributed by atoms with van der Waals surface area (Å²) in [5.41, 5.74) is 0.730. The van der Waals surface area contributed by atoms with E-state index in [2.05, 4.69) is 5.32 Å². The molecule has 2 heterocycles. The SMILES string of the molecule is COc1ccc(N2C(=O)NC(=O)/C(=C/c3ccc4c(c3)OCO4)C2=O)cc1. The molecular weight excluding hydrogens is 352 g/mol. The number of fused-ring (bicyclic) bond motifs is 1. The number of carbonyl (C=O) groups excluding carboxylic acids is 3. The van der Waals surface area contributed by atoms with E-state index < -0.39 is 17.8 Å². The van der Waals surface area contributed by atoms with Gasteiger partial charge in [0.1, 0.15) is 11.3 Å². The summed E-state index contributed by atoms with van der Waals surface area (Å²) in [7, 11) is 1.51. The fourth-order valence-corrected chi connectivity index (χ4v) is 2.79. The van der Waals surface area contributed by atoms with Crippen LogP contribution in [0.1, 0.15) is 5.56 Å². The van der Waals surface area contributed by atoms with E-state index in [1.54, 1.807) is 42.5 Å². The molecule has 8 heteroatoms. The van der Waals surface area contributed by atoms with Crippen LogP contribution in [0.3, 0.4) is 0 Å². The molecule has 4 amide bonds. The lowest BCUT2D eigenvalue weighted by molar-refractivity contribution is -0.122. The molecule has 0 aromatic heterocycles. The minimum Gasteiger partial charge on any atom is -0.497 e. The Morgan fingerprint density at radius 1 is 1.04 bits per heavy atom. The van der Waals surface area contributed by atoms with Crippen molar-refractivity contribution in [2.45, 2.75) is 0 Å². The van der Waals surface area contributed by atoms with E-state index >= 15 is 0 Å². The van der Waals surface area contributed by atoms with Gasteiger partial charge in [-0.2, -0.15) is 0 Å². The first-order chi connectivity index (χ1) is 13.1. The number of nitrogens with one attached hydrogen (secondary N) is 1. The molecule has 1 N–H and O–H groups in total. The molecule has 0 atom stereocenters. The van der Waals surface area contributed by atoms with Gasteiger partial charge in [-0.05, 0) is 48.0 Å². The number of carbonyl (C=O) groups is 3. The van der Waals surface area contributed by atoms with Gasteiger partial charge in [-0.3, -0.25) is 14.9 Å². The summed E-state index contributed by atoms with van der Waals surface area (Å²) < 4.78 is 15.6. The normalized spacial score (nSPS) is 17.3. The maximum atomic E-state index is 12.8. The molecule has 27 heavy (non-hydrogen) atoms. The van der Waals surface area contributed by atoms with Crippen LogP contribution in [-0.4, -0.2) is 31.7 Å². The molecule has 2 aliphatic heterocycles. The lowest BCUT2D eigenvalue weighted by Gasteiger charge is -2.26. The molecule has 1 fully saturated rings. The van der Waals surface area contributed by atoms with E-state index in [9.17, 15) is 14.4 Å². The number of urea groups is 1. The topological polar surface area (TPSA) is 94.2 Å². The summed E-state index contributed by atoms with van der Waals surface area (Å²) in [6.45, 7) is 0.120. The van der Waals surface area contributed by atoms with Gasteiger partial charge in [0.25, 0.3) is 11.8 Å². The average Bonchev–Trinajstić information content (AvgIpc) is 3.13. The van der Waals surface area contributed by atoms with E-state index in [4.69, 9.17) is 14.2 Å². The lowest BCUT2D eigenvalue weighted by Crippen LogP contribution is -2.54. The van der Waals surface area contributed by atoms with Crippen LogP contribution in [0.15, 0.2) is 48.0 Å². The van der Waals surface area contributed by atoms with Gasteiger partial charge in [0.15, 0.2) is 11.5 Å². The van der Waals surface area contributed by atoms with E-state index in [0.29, 0.717) is 28.5 Å². The van der Waals surface area contributed by atoms with Gasteiger partial charge in [-0.1, -0.05) is 6.07 Å². The van der Waals surface area contributed by atoms with Gasteiger partial charge < -0.3 is 14.2 Å². The Morgan fingerprint density at radius 2 is 1.78 bits per heavy atom. The van der Waals surface area contributed by atoms with Crippen LogP contribution >= 0.6 is 0 Å². The zero-order chi connectivity index (χ0) is 19.0. The number of barbiturate groups is 1. The number of ether oxygens (including phenoxy) is 3. The molecule has 2 aromatic rings. The fraction of sp³-hybridized carbons (Fsp3) is 0.105. The highest BCUT2D eigenvalue weighted by atomic mass is 16.7. The van der Waals surface area contributed by atoms with Gasteiger partial charge in [0, 0.05) is 0 Å². The van der Waals surface area contributed by atoms with Gasteiger partial charge in [-0.25, -0.2) is 9.69 Å². The second kappa shape index (κ2) is 6.49. The van der Waals surface area contributed by atoms with Crippen molar-refractivity contribution in [3.05, 3.63) is 53.6 Å². The van der Waals surface area contributed by atoms with Crippen LogP contribution in [0.4, 0.5) is 10.5 Å². The van der Waals surface area contributed by atoms with E-state index in [1.807, 2.05) is 0 Å². The number of rotatable bonds is 3. The molecule has 8 nitrogen and oxygen atoms in total. The first-order valence-electron chi connectivity index (χ1n) is 8.02. The van der Waals surface area contributed by atoms with Crippen molar-refractivity contribution >= 4 is 29.6 Å². The van der Waals surface area contributed by atoms with Crippen molar-refractivity contribution in [2.75, 3.05) is 18.8 Å². The summed E-state index contributed by atoms with van der Waals surface area (Å²) in [4.78, 5) is 38.1. The Balaban J connectivity index is 1.69. The third kappa shape index (κ3) is 2.97. The highest BCUT2D eigenvalue weighted by molar-refractivity contribution is 6.39. The summed E-state index contributed by atoms with van der Waals surface area (Å²) in [6.07, 6.45) is 1.41. The van der Waals surface area contributed by atoms with Gasteiger partial charge in [-0.15, -0.1) is 0 Å². The van der Waals surface area contributed by atoms with E-state index in [0.717, 1.165) is 4.90 Å². The second-order valence-electron chi connectivity index (χ2n) is 5.77. The van der Waals surface area contributed by atoms with Gasteiger partial charge in [0.2, 0.25) is 6.79 Å². The predicted octanol–water partition coefficient (Wildman–Crippen LogP) is 2.09. The van der Waals surface area contributed by atoms with Crippen LogP contribution in [0.2, 0.25) is 0 Å². The van der Waals surface area contributed by atoms with Crippen LogP contribution < -0.4 is 24.4 Å². The molecule has 2 aromatic carbocycles. The molecule has 136 valence electrons. The van der Waals surface area contributed by atoms with E-state index in [1.165, 1.54) is 13.2 Å². The third-order valence-electron chi connectivity index (χ3n) is 4.14. The monoisotopic (exact) mass is 366 g/mol. The first kappa shape index (κ1) is 16.6. The van der Waals surface area contributed by atoms with Crippen molar-refractivity contribution in [2.24, 2.45) is 0 Å². The Kier molecular flexibility index (Phi) is 4.00. The minimum absolute atomic E-state index is 0.120. The number of benzene rings is 2. The van der Waals surface area contributed by atoms with Crippen molar-refractivity contribution in [3.63, 3.8) is 0 Å². The second-order valence-corrected chi connectivity index (χ2v) is 5.77. The Hall–Kier alpha value is -3.81. The number of methoxy groups -OCH3 is 1. The van der Waals surface area contributed by atoms with Crippen LogP contribution in [0.5, 0.6) is 17.2 Å². The molecule has 4 rings (SSSR count). The number of nitrogens with zero attached hydrogens (tertiary/aromatic N) is 1. The largest absolute Gasteiger partial charge is 0.497 e. The van der Waals surface area contributed by atoms with Gasteiger partial charge >= 0.3 is 6.03 Å². The molecule has 0 radical (unpaired) electrons. The highest BCUT2D eigenvalue weighted by Crippen LogP contribution is 2.33. The van der Waals surface area contributed by atoms with E-state index in [-0.39, 0.29) is 12.4 Å². The summed E-state index contributed by atoms with van der Waals surface area (Å²) in [5.74, 6) is 0.220. The van der Waals surface area contributed by atoms with Crippen molar-refractivity contribution in [1.29, 1.82) is 0 Å². The van der Waals surface area contributed by atoms with Crippen LogP contribution in [0, 0.1) is 0 Å². The molecule has 0 unspecified atom stereocenters. The predicted molar refractivity (Wildman–Crippen MR) is 94.6 cm³/mol. The molecule has 0 saturated carbocycles. The zero-order valence-electron chi connectivity index (χ0n) is 14.2. The van der Waals surface area contributed by atoms with Crippen LogP contribution in [-0.2, 0) is 9.59 Å². The van der Waals surface area contributed by atoms with Crippen molar-refractivity contribution in [1.82, 2.24) is 5.32 Å². The maximum Gasteiger partial charge on any atom is 0.335 e. The highest BCUT2D eigenvalue weighted by Gasteiger charge is 2.36. The molecule has 0 spiro atoms. The number of amides is 4. The molecule has 2 aliphatic rings. The molecule has 0 aliphatic carbocycles. The average molecular weight is 366 g/mol. The van der Waals surface area contributed by atoms with Gasteiger partial charge in [0.05, 0.1) is 12.8 Å². The Morgan fingerprint density at radius 3 is 2.52 bits per heavy atom. The Bertz CT molecular complexity index is 980. The summed E-state index contributed by atoms with van der Waals surface area (Å²) >= 11 is 0. The third-order valence-corrected chi connectivity index (χ3v) is 4.14. The van der Waals surface area contributed by atoms with Crippen molar-refractivity contribution in [3.8, 4) is 17.2 Å². The maximum absolute atomic E-state index is 12.8. The standard InChI is InChI=1S/C19H14N2O6/c1-25-13-5-3-12(4-6-13)21-18(23)14(17(22)20-19(21)24)8-11-2-7-15-16(9-11)27-10-26-15/h2-9H,10H2,1H3,(H,20,22,24)/b14-8-. The van der Waals surface area contributed by atoms with Crippen LogP contribution in [0.25, 0.3) is 6.08 Å². The zero-order valence-corrected chi connectivity index (χ0v) is 14.2. The summed E-state index contributed by atoms with van der Waals surface area (Å²) in [6, 6.07) is 10.6. The summed E-state index contributed by atoms with van der Waals surface area (Å²) in [5, 5.41) is 2.18. The fourth-order valence-electron chi connectivity index (χ4n) is 2.79. The number of hydrogen-bond acceptors (Lipinski definition) is 6. The molecular formula is C19H14N2O6.